The fourth-order valence-corrected chi connectivity index (χ4v) is 4.04. The van der Waals surface area contributed by atoms with Crippen LogP contribution >= 0.6 is 0 Å². The Hall–Kier alpha value is -1.96. The van der Waals surface area contributed by atoms with Crippen LogP contribution in [0.5, 0.6) is 0 Å². The molecule has 0 heterocycles. The zero-order chi connectivity index (χ0) is 17.6. The van der Waals surface area contributed by atoms with Crippen LogP contribution in [-0.2, 0) is 0 Å². The number of halogens is 2. The average Bonchev–Trinajstić information content (AvgIpc) is 2.63. The van der Waals surface area contributed by atoms with Crippen LogP contribution in [-0.4, -0.2) is 0 Å². The molecule has 0 saturated heterocycles. The number of hydrogen-bond donors (Lipinski definition) is 0. The smallest absolute Gasteiger partial charge is 0.173 e. The number of hydrogen-bond acceptors (Lipinski definition) is 0. The van der Waals surface area contributed by atoms with Crippen molar-refractivity contribution in [3.63, 3.8) is 0 Å². The summed E-state index contributed by atoms with van der Waals surface area (Å²) in [7, 11) is 0. The van der Waals surface area contributed by atoms with Crippen LogP contribution in [0.15, 0.2) is 54.6 Å². The Bertz CT molecular complexity index is 686. The van der Waals surface area contributed by atoms with Crippen LogP contribution in [0, 0.1) is 5.92 Å². The van der Waals surface area contributed by atoms with Crippen molar-refractivity contribution in [2.75, 3.05) is 0 Å². The zero-order valence-electron chi connectivity index (χ0n) is 14.8. The van der Waals surface area contributed by atoms with E-state index in [2.05, 4.69) is 31.2 Å². The highest BCUT2D eigenvalue weighted by atomic mass is 19.3. The minimum Gasteiger partial charge on any atom is -0.173 e. The molecule has 2 heteroatoms. The lowest BCUT2D eigenvalue weighted by Crippen LogP contribution is -2.13. The van der Waals surface area contributed by atoms with E-state index in [1.54, 1.807) is 12.1 Å². The van der Waals surface area contributed by atoms with Gasteiger partial charge in [-0.3, -0.25) is 0 Å². The Balaban J connectivity index is 1.65. The highest BCUT2D eigenvalue weighted by Crippen LogP contribution is 2.38. The van der Waals surface area contributed by atoms with Gasteiger partial charge in [-0.15, -0.1) is 0 Å². The summed E-state index contributed by atoms with van der Waals surface area (Å²) in [5, 5.41) is 0. The van der Waals surface area contributed by atoms with Gasteiger partial charge >= 0.3 is 0 Å². The van der Waals surface area contributed by atoms with Gasteiger partial charge in [0.15, 0.2) is 0 Å². The molecule has 1 aliphatic rings. The molecule has 25 heavy (non-hydrogen) atoms. The molecule has 2 aromatic rings. The maximum absolute atomic E-state index is 12.3. The first kappa shape index (κ1) is 17.8. The highest BCUT2D eigenvalue weighted by molar-refractivity contribution is 5.66. The van der Waals surface area contributed by atoms with Crippen molar-refractivity contribution >= 4 is 6.08 Å². The van der Waals surface area contributed by atoms with Gasteiger partial charge in [-0.2, -0.15) is 8.78 Å². The molecule has 0 aliphatic heterocycles. The fourth-order valence-electron chi connectivity index (χ4n) is 4.04. The van der Waals surface area contributed by atoms with Crippen molar-refractivity contribution in [2.24, 2.45) is 5.92 Å². The van der Waals surface area contributed by atoms with Crippen LogP contribution in [0.25, 0.3) is 17.2 Å². The summed E-state index contributed by atoms with van der Waals surface area (Å²) < 4.78 is 24.6. The maximum atomic E-state index is 12.3. The van der Waals surface area contributed by atoms with Crippen molar-refractivity contribution in [3.05, 3.63) is 65.7 Å². The van der Waals surface area contributed by atoms with Gasteiger partial charge in [-0.05, 0) is 59.8 Å². The van der Waals surface area contributed by atoms with Crippen LogP contribution < -0.4 is 0 Å². The summed E-state index contributed by atoms with van der Waals surface area (Å²) in [4.78, 5) is 0. The lowest BCUT2D eigenvalue weighted by atomic mass is 9.77. The predicted molar refractivity (Wildman–Crippen MR) is 102 cm³/mol. The Morgan fingerprint density at radius 2 is 1.44 bits per heavy atom. The third-order valence-electron chi connectivity index (χ3n) is 5.45. The SMILES string of the molecule is CCC[C@H]1CC[C@H](c2ccc(-c3ccc(C=C(F)F)cc3)cc2)CC1. The fraction of sp³-hybridized carbons (Fsp3) is 0.391. The molecule has 0 atom stereocenters. The molecule has 0 radical (unpaired) electrons. The summed E-state index contributed by atoms with van der Waals surface area (Å²) in [6.07, 6.45) is 7.24. The molecule has 1 aliphatic carbocycles. The molecule has 132 valence electrons. The van der Waals surface area contributed by atoms with Gasteiger partial charge in [0.25, 0.3) is 6.08 Å². The van der Waals surface area contributed by atoms with Crippen LogP contribution in [0.2, 0.25) is 0 Å². The summed E-state index contributed by atoms with van der Waals surface area (Å²) in [5.74, 6) is 1.63. The molecule has 0 nitrogen and oxygen atoms in total. The third-order valence-corrected chi connectivity index (χ3v) is 5.45. The van der Waals surface area contributed by atoms with E-state index in [0.717, 1.165) is 23.1 Å². The summed E-state index contributed by atoms with van der Waals surface area (Å²) in [5.41, 5.74) is 4.18. The Labute approximate surface area is 149 Å². The van der Waals surface area contributed by atoms with Gasteiger partial charge in [0.05, 0.1) is 0 Å². The normalized spacial score (nSPS) is 20.3. The molecule has 2 aromatic carbocycles. The Morgan fingerprint density at radius 1 is 0.880 bits per heavy atom. The topological polar surface area (TPSA) is 0 Å². The van der Waals surface area contributed by atoms with E-state index in [-0.39, 0.29) is 0 Å². The highest BCUT2D eigenvalue weighted by Gasteiger charge is 2.21. The largest absolute Gasteiger partial charge is 0.270 e. The summed E-state index contributed by atoms with van der Waals surface area (Å²) in [6, 6.07) is 16.1. The molecule has 1 saturated carbocycles. The van der Waals surface area contributed by atoms with Gasteiger partial charge in [-0.25, -0.2) is 0 Å². The molecule has 0 amide bonds. The Kier molecular flexibility index (Phi) is 6.01. The van der Waals surface area contributed by atoms with Crippen molar-refractivity contribution in [3.8, 4) is 11.1 Å². The molecule has 3 rings (SSSR count). The molecule has 1 fully saturated rings. The van der Waals surface area contributed by atoms with Gasteiger partial charge in [0.2, 0.25) is 0 Å². The second-order valence-corrected chi connectivity index (χ2v) is 7.18. The quantitative estimate of drug-likeness (QED) is 0.524. The van der Waals surface area contributed by atoms with E-state index in [1.807, 2.05) is 12.1 Å². The second-order valence-electron chi connectivity index (χ2n) is 7.18. The maximum Gasteiger partial charge on any atom is 0.270 e. The first-order chi connectivity index (χ1) is 12.2. The van der Waals surface area contributed by atoms with Gasteiger partial charge < -0.3 is 0 Å². The van der Waals surface area contributed by atoms with E-state index in [0.29, 0.717) is 11.5 Å². The number of rotatable bonds is 5. The van der Waals surface area contributed by atoms with Gasteiger partial charge in [0.1, 0.15) is 0 Å². The van der Waals surface area contributed by atoms with Crippen LogP contribution in [0.1, 0.15) is 62.5 Å². The number of benzene rings is 2. The summed E-state index contributed by atoms with van der Waals surface area (Å²) >= 11 is 0. The van der Waals surface area contributed by atoms with Gasteiger partial charge in [-0.1, -0.05) is 68.3 Å². The zero-order valence-corrected chi connectivity index (χ0v) is 14.8. The van der Waals surface area contributed by atoms with Crippen LogP contribution in [0.4, 0.5) is 8.78 Å². The second kappa shape index (κ2) is 8.42. The molecule has 0 N–H and O–H groups in total. The van der Waals surface area contributed by atoms with Gasteiger partial charge in [0, 0.05) is 6.08 Å². The molecule has 0 spiro atoms. The van der Waals surface area contributed by atoms with E-state index < -0.39 is 6.08 Å². The minimum absolute atomic E-state index is 0.532. The lowest BCUT2D eigenvalue weighted by molar-refractivity contribution is 0.308. The van der Waals surface area contributed by atoms with Crippen LogP contribution in [0.3, 0.4) is 0 Å². The molecule has 0 bridgehead atoms. The van der Waals surface area contributed by atoms with Crippen molar-refractivity contribution in [1.82, 2.24) is 0 Å². The van der Waals surface area contributed by atoms with Crippen molar-refractivity contribution in [2.45, 2.75) is 51.4 Å². The van der Waals surface area contributed by atoms with E-state index >= 15 is 0 Å². The lowest BCUT2D eigenvalue weighted by Gasteiger charge is -2.28. The first-order valence-corrected chi connectivity index (χ1v) is 9.39. The average molecular weight is 340 g/mol. The van der Waals surface area contributed by atoms with E-state index in [1.165, 1.54) is 44.1 Å². The van der Waals surface area contributed by atoms with E-state index in [4.69, 9.17) is 0 Å². The molecule has 0 aromatic heterocycles. The molecule has 0 unspecified atom stereocenters. The predicted octanol–water partition coefficient (Wildman–Crippen LogP) is 7.66. The first-order valence-electron chi connectivity index (χ1n) is 9.39. The minimum atomic E-state index is -1.66. The standard InChI is InChI=1S/C23H26F2/c1-2-3-17-4-8-19(9-5-17)21-12-14-22(15-13-21)20-10-6-18(7-11-20)16-23(24)25/h6-7,10-17,19H,2-5,8-9H2,1H3/t17-,19-. The molecular formula is C23H26F2. The Morgan fingerprint density at radius 3 is 1.96 bits per heavy atom. The summed E-state index contributed by atoms with van der Waals surface area (Å²) in [6.45, 7) is 2.28. The molecular weight excluding hydrogens is 314 g/mol. The third kappa shape index (κ3) is 4.78. The van der Waals surface area contributed by atoms with Crippen molar-refractivity contribution in [1.29, 1.82) is 0 Å². The van der Waals surface area contributed by atoms with E-state index in [9.17, 15) is 8.78 Å². The van der Waals surface area contributed by atoms with Crippen molar-refractivity contribution < 1.29 is 8.78 Å². The monoisotopic (exact) mass is 340 g/mol.